The zero-order valence-corrected chi connectivity index (χ0v) is 17.0. The number of methoxy groups -OCH3 is 3. The van der Waals surface area contributed by atoms with Crippen molar-refractivity contribution < 1.29 is 14.2 Å². The lowest BCUT2D eigenvalue weighted by Gasteiger charge is -2.27. The first-order chi connectivity index (χ1) is 13.2. The van der Waals surface area contributed by atoms with Crippen LogP contribution in [0.25, 0.3) is 11.3 Å². The van der Waals surface area contributed by atoms with Crippen molar-refractivity contribution in [3.8, 4) is 28.5 Å². The molecule has 3 N–H and O–H groups in total. The number of anilines is 1. The summed E-state index contributed by atoms with van der Waals surface area (Å²) in [5.74, 6) is 1.98. The van der Waals surface area contributed by atoms with Crippen LogP contribution in [-0.2, 0) is 6.42 Å². The van der Waals surface area contributed by atoms with E-state index >= 15 is 0 Å². The van der Waals surface area contributed by atoms with E-state index in [0.717, 1.165) is 42.2 Å². The second-order valence-corrected chi connectivity index (χ2v) is 7.55. The van der Waals surface area contributed by atoms with Crippen molar-refractivity contribution in [2.24, 2.45) is 0 Å². The molecule has 1 aliphatic heterocycles. The Morgan fingerprint density at radius 3 is 2.33 bits per heavy atom. The predicted molar refractivity (Wildman–Crippen MR) is 109 cm³/mol. The molecule has 1 aromatic heterocycles. The highest BCUT2D eigenvalue weighted by Crippen LogP contribution is 2.44. The number of piperidine rings is 1. The molecule has 0 saturated carbocycles. The van der Waals surface area contributed by atoms with E-state index in [1.165, 1.54) is 30.6 Å². The quantitative estimate of drug-likeness (QED) is 0.715. The van der Waals surface area contributed by atoms with Gasteiger partial charge in [-0.1, -0.05) is 6.42 Å². The molecule has 1 aliphatic rings. The van der Waals surface area contributed by atoms with Crippen LogP contribution in [-0.4, -0.2) is 51.0 Å². The maximum Gasteiger partial charge on any atom is 0.180 e. The summed E-state index contributed by atoms with van der Waals surface area (Å²) in [4.78, 5) is 5.68. The summed E-state index contributed by atoms with van der Waals surface area (Å²) in [6, 6.07) is 3.67. The minimum atomic E-state index is 0.540. The average molecular weight is 393 g/mol. The number of nitrogens with two attached hydrogens (primary N) is 1. The summed E-state index contributed by atoms with van der Waals surface area (Å²) in [6.07, 6.45) is 4.67. The van der Waals surface area contributed by atoms with Crippen LogP contribution in [0, 0.1) is 0 Å². The zero-order chi connectivity index (χ0) is 19.2. The van der Waals surface area contributed by atoms with Gasteiger partial charge in [0.15, 0.2) is 5.13 Å². The number of thiazole rings is 1. The molecule has 0 atom stereocenters. The van der Waals surface area contributed by atoms with Gasteiger partial charge in [0.2, 0.25) is 0 Å². The number of benzene rings is 1. The fourth-order valence-corrected chi connectivity index (χ4v) is 4.19. The molecular formula is C19H28N4O3S. The molecule has 148 valence electrons. The van der Waals surface area contributed by atoms with Crippen LogP contribution in [0.5, 0.6) is 17.2 Å². The normalized spacial score (nSPS) is 14.9. The SMILES string of the molecule is COc1cc(OC)c(-c2nc(N)sc2CCNN2CCCCC2)c(OC)c1. The number of hydrogen-bond donors (Lipinski definition) is 2. The lowest BCUT2D eigenvalue weighted by Crippen LogP contribution is -2.42. The third-order valence-electron chi connectivity index (χ3n) is 4.71. The van der Waals surface area contributed by atoms with Gasteiger partial charge in [0.1, 0.15) is 17.2 Å². The highest BCUT2D eigenvalue weighted by Gasteiger charge is 2.22. The van der Waals surface area contributed by atoms with Crippen LogP contribution in [0.4, 0.5) is 5.13 Å². The molecule has 1 aromatic carbocycles. The first-order valence-corrected chi connectivity index (χ1v) is 10.0. The van der Waals surface area contributed by atoms with Crippen LogP contribution in [0.1, 0.15) is 24.1 Å². The van der Waals surface area contributed by atoms with E-state index in [-0.39, 0.29) is 0 Å². The zero-order valence-electron chi connectivity index (χ0n) is 16.2. The van der Waals surface area contributed by atoms with Crippen LogP contribution in [0.15, 0.2) is 12.1 Å². The number of aromatic nitrogens is 1. The summed E-state index contributed by atoms with van der Waals surface area (Å²) in [7, 11) is 4.88. The third kappa shape index (κ3) is 4.63. The molecular weight excluding hydrogens is 364 g/mol. The van der Waals surface area contributed by atoms with Crippen molar-refractivity contribution in [1.82, 2.24) is 15.4 Å². The summed E-state index contributed by atoms with van der Waals surface area (Å²) in [5, 5.41) is 2.85. The number of ether oxygens (including phenoxy) is 3. The highest BCUT2D eigenvalue weighted by atomic mass is 32.1. The molecule has 3 rings (SSSR count). The number of rotatable bonds is 8. The maximum absolute atomic E-state index is 6.04. The van der Waals surface area contributed by atoms with Gasteiger partial charge in [0, 0.05) is 36.6 Å². The van der Waals surface area contributed by atoms with E-state index in [0.29, 0.717) is 22.4 Å². The van der Waals surface area contributed by atoms with E-state index in [1.54, 1.807) is 21.3 Å². The Morgan fingerprint density at radius 1 is 1.07 bits per heavy atom. The molecule has 7 nitrogen and oxygen atoms in total. The second-order valence-electron chi connectivity index (χ2n) is 6.44. The molecule has 1 fully saturated rings. The van der Waals surface area contributed by atoms with Gasteiger partial charge in [-0.05, 0) is 19.3 Å². The fourth-order valence-electron chi connectivity index (χ4n) is 3.35. The van der Waals surface area contributed by atoms with Crippen molar-refractivity contribution in [3.05, 3.63) is 17.0 Å². The monoisotopic (exact) mass is 392 g/mol. The maximum atomic E-state index is 6.04. The molecule has 0 aliphatic carbocycles. The van der Waals surface area contributed by atoms with Crippen LogP contribution in [0.2, 0.25) is 0 Å². The number of nitrogens with one attached hydrogen (secondary N) is 1. The molecule has 0 bridgehead atoms. The Balaban J connectivity index is 1.84. The van der Waals surface area contributed by atoms with E-state index in [4.69, 9.17) is 19.9 Å². The third-order valence-corrected chi connectivity index (χ3v) is 5.65. The van der Waals surface area contributed by atoms with Crippen LogP contribution < -0.4 is 25.4 Å². The molecule has 8 heteroatoms. The van der Waals surface area contributed by atoms with Crippen LogP contribution >= 0.6 is 11.3 Å². The van der Waals surface area contributed by atoms with E-state index in [1.807, 2.05) is 12.1 Å². The standard InChI is InChI=1S/C19H28N4O3S/c1-24-13-11-14(25-2)17(15(12-13)26-3)18-16(27-19(20)22-18)7-8-21-23-9-5-4-6-10-23/h11-12,21H,4-10H2,1-3H3,(H2,20,22). The Morgan fingerprint density at radius 2 is 1.74 bits per heavy atom. The molecule has 0 amide bonds. The molecule has 1 saturated heterocycles. The largest absolute Gasteiger partial charge is 0.496 e. The van der Waals surface area contributed by atoms with Gasteiger partial charge in [-0.2, -0.15) is 0 Å². The predicted octanol–water partition coefficient (Wildman–Crippen LogP) is 2.95. The van der Waals surface area contributed by atoms with E-state index < -0.39 is 0 Å². The summed E-state index contributed by atoms with van der Waals surface area (Å²) in [6.45, 7) is 3.06. The topological polar surface area (TPSA) is 81.9 Å². The van der Waals surface area contributed by atoms with Gasteiger partial charge in [0.05, 0.1) is 32.6 Å². The summed E-state index contributed by atoms with van der Waals surface area (Å²) < 4.78 is 16.5. The second kappa shape index (κ2) is 9.25. The van der Waals surface area contributed by atoms with Crippen molar-refractivity contribution in [1.29, 1.82) is 0 Å². The first-order valence-electron chi connectivity index (χ1n) is 9.20. The van der Waals surface area contributed by atoms with Gasteiger partial charge in [-0.25, -0.2) is 9.99 Å². The molecule has 0 spiro atoms. The Bertz CT molecular complexity index is 734. The van der Waals surface area contributed by atoms with Crippen molar-refractivity contribution in [2.45, 2.75) is 25.7 Å². The summed E-state index contributed by atoms with van der Waals surface area (Å²) in [5.41, 5.74) is 11.2. The lowest BCUT2D eigenvalue weighted by atomic mass is 10.1. The number of nitrogens with zero attached hydrogens (tertiary/aromatic N) is 2. The Labute approximate surface area is 164 Å². The minimum absolute atomic E-state index is 0.540. The average Bonchev–Trinajstić information content (AvgIpc) is 3.07. The number of nitrogen functional groups attached to an aromatic ring is 1. The van der Waals surface area contributed by atoms with Gasteiger partial charge in [0.25, 0.3) is 0 Å². The number of hydrogen-bond acceptors (Lipinski definition) is 8. The minimum Gasteiger partial charge on any atom is -0.496 e. The van der Waals surface area contributed by atoms with E-state index in [9.17, 15) is 0 Å². The number of hydrazine groups is 1. The Hall–Kier alpha value is -2.03. The Kier molecular flexibility index (Phi) is 6.76. The smallest absolute Gasteiger partial charge is 0.180 e. The molecule has 0 unspecified atom stereocenters. The molecule has 27 heavy (non-hydrogen) atoms. The molecule has 2 heterocycles. The first kappa shape index (κ1) is 19.7. The molecule has 2 aromatic rings. The van der Waals surface area contributed by atoms with Gasteiger partial charge < -0.3 is 19.9 Å². The van der Waals surface area contributed by atoms with Gasteiger partial charge in [-0.3, -0.25) is 5.43 Å². The lowest BCUT2D eigenvalue weighted by molar-refractivity contribution is 0.156. The fraction of sp³-hybridized carbons (Fsp3) is 0.526. The molecule has 0 radical (unpaired) electrons. The van der Waals surface area contributed by atoms with Crippen LogP contribution in [0.3, 0.4) is 0 Å². The highest BCUT2D eigenvalue weighted by molar-refractivity contribution is 7.15. The van der Waals surface area contributed by atoms with Crippen molar-refractivity contribution in [3.63, 3.8) is 0 Å². The van der Waals surface area contributed by atoms with Crippen molar-refractivity contribution in [2.75, 3.05) is 46.7 Å². The van der Waals surface area contributed by atoms with Crippen molar-refractivity contribution >= 4 is 16.5 Å². The van der Waals surface area contributed by atoms with Gasteiger partial charge >= 0.3 is 0 Å². The summed E-state index contributed by atoms with van der Waals surface area (Å²) >= 11 is 1.51. The van der Waals surface area contributed by atoms with E-state index in [2.05, 4.69) is 15.4 Å². The van der Waals surface area contributed by atoms with Gasteiger partial charge in [-0.15, -0.1) is 11.3 Å².